The van der Waals surface area contributed by atoms with Crippen LogP contribution < -0.4 is 5.32 Å². The van der Waals surface area contributed by atoms with Crippen LogP contribution in [-0.2, 0) is 4.79 Å². The molecule has 0 rings (SSSR count). The lowest BCUT2D eigenvalue weighted by Crippen LogP contribution is -2.34. The Balaban J connectivity index is 3.24. The van der Waals surface area contributed by atoms with Gasteiger partial charge in [-0.2, -0.15) is 25.3 Å². The fraction of sp³-hybridized carbons (Fsp3) is 0.857. The average molecular weight is 208 g/mol. The van der Waals surface area contributed by atoms with E-state index in [0.717, 1.165) is 18.8 Å². The Bertz CT molecular complexity index is 133. The number of carbonyl (C=O) groups excluding carboxylic acids is 1. The van der Waals surface area contributed by atoms with Crippen molar-refractivity contribution >= 4 is 31.2 Å². The molecule has 0 aromatic carbocycles. The Morgan fingerprint density at radius 2 is 2.08 bits per heavy atom. The van der Waals surface area contributed by atoms with Crippen molar-refractivity contribution in [3.05, 3.63) is 0 Å². The van der Waals surface area contributed by atoms with Crippen molar-refractivity contribution in [2.45, 2.75) is 0 Å². The molecule has 0 aromatic heterocycles. The van der Waals surface area contributed by atoms with E-state index < -0.39 is 0 Å². The standard InChI is InChI=1S/C7H16N2OS2/c1-9(4-5-11)3-2-8-7(10)6-12/h11-12H,2-6H2,1H3,(H,8,10). The number of likely N-dealkylation sites (N-methyl/N-ethyl adjacent to an activating group) is 1. The van der Waals surface area contributed by atoms with Crippen LogP contribution in [0.4, 0.5) is 0 Å². The van der Waals surface area contributed by atoms with Gasteiger partial charge in [-0.3, -0.25) is 4.79 Å². The first kappa shape index (κ1) is 12.1. The molecule has 0 spiro atoms. The topological polar surface area (TPSA) is 32.3 Å². The Labute approximate surface area is 84.7 Å². The van der Waals surface area contributed by atoms with E-state index >= 15 is 0 Å². The molecule has 1 N–H and O–H groups in total. The van der Waals surface area contributed by atoms with Crippen LogP contribution in [0.1, 0.15) is 0 Å². The van der Waals surface area contributed by atoms with E-state index in [1.54, 1.807) is 0 Å². The second-order valence-electron chi connectivity index (χ2n) is 2.53. The SMILES string of the molecule is CN(CCS)CCNC(=O)CS. The monoisotopic (exact) mass is 208 g/mol. The van der Waals surface area contributed by atoms with Gasteiger partial charge in [0.25, 0.3) is 0 Å². The van der Waals surface area contributed by atoms with Crippen molar-refractivity contribution in [3.8, 4) is 0 Å². The predicted octanol–water partition coefficient (Wildman–Crippen LogP) is -0.106. The molecule has 0 aliphatic heterocycles. The predicted molar refractivity (Wildman–Crippen MR) is 58.2 cm³/mol. The minimum atomic E-state index is -0.0161. The van der Waals surface area contributed by atoms with Gasteiger partial charge in [0.2, 0.25) is 5.91 Å². The number of carbonyl (C=O) groups is 1. The zero-order valence-corrected chi connectivity index (χ0v) is 9.07. The normalized spacial score (nSPS) is 10.3. The Morgan fingerprint density at radius 3 is 2.58 bits per heavy atom. The van der Waals surface area contributed by atoms with Crippen molar-refractivity contribution in [3.63, 3.8) is 0 Å². The highest BCUT2D eigenvalue weighted by atomic mass is 32.1. The van der Waals surface area contributed by atoms with E-state index in [1.807, 2.05) is 7.05 Å². The lowest BCUT2D eigenvalue weighted by Gasteiger charge is -2.14. The third kappa shape index (κ3) is 6.82. The van der Waals surface area contributed by atoms with Crippen LogP contribution in [0, 0.1) is 0 Å². The van der Waals surface area contributed by atoms with E-state index in [1.165, 1.54) is 0 Å². The fourth-order valence-electron chi connectivity index (χ4n) is 0.725. The number of hydrogen-bond acceptors (Lipinski definition) is 4. The molecular weight excluding hydrogens is 192 g/mol. The van der Waals surface area contributed by atoms with Crippen molar-refractivity contribution in [1.29, 1.82) is 0 Å². The van der Waals surface area contributed by atoms with E-state index in [9.17, 15) is 4.79 Å². The lowest BCUT2D eigenvalue weighted by atomic mass is 10.5. The minimum Gasteiger partial charge on any atom is -0.354 e. The molecule has 0 unspecified atom stereocenters. The van der Waals surface area contributed by atoms with Gasteiger partial charge in [0.15, 0.2) is 0 Å². The van der Waals surface area contributed by atoms with Gasteiger partial charge in [0, 0.05) is 25.4 Å². The van der Waals surface area contributed by atoms with E-state index in [0.29, 0.717) is 6.54 Å². The number of rotatable bonds is 6. The van der Waals surface area contributed by atoms with Crippen LogP contribution >= 0.6 is 25.3 Å². The lowest BCUT2D eigenvalue weighted by molar-refractivity contribution is -0.118. The maximum absolute atomic E-state index is 10.7. The highest BCUT2D eigenvalue weighted by molar-refractivity contribution is 7.81. The highest BCUT2D eigenvalue weighted by Crippen LogP contribution is 1.82. The minimum absolute atomic E-state index is 0.0161. The zero-order chi connectivity index (χ0) is 9.40. The van der Waals surface area contributed by atoms with Gasteiger partial charge >= 0.3 is 0 Å². The van der Waals surface area contributed by atoms with E-state index in [4.69, 9.17) is 0 Å². The molecule has 0 aliphatic rings. The summed E-state index contributed by atoms with van der Waals surface area (Å²) in [5, 5.41) is 2.74. The van der Waals surface area contributed by atoms with Crippen molar-refractivity contribution in [1.82, 2.24) is 10.2 Å². The van der Waals surface area contributed by atoms with Gasteiger partial charge in [-0.15, -0.1) is 0 Å². The molecule has 1 amide bonds. The number of hydrogen-bond donors (Lipinski definition) is 3. The Hall–Kier alpha value is 0.130. The third-order valence-electron chi connectivity index (χ3n) is 1.44. The molecule has 0 atom stereocenters. The molecular formula is C7H16N2OS2. The molecule has 0 saturated carbocycles. The summed E-state index contributed by atoms with van der Waals surface area (Å²) >= 11 is 7.94. The molecule has 0 saturated heterocycles. The van der Waals surface area contributed by atoms with Gasteiger partial charge < -0.3 is 10.2 Å². The zero-order valence-electron chi connectivity index (χ0n) is 7.29. The van der Waals surface area contributed by atoms with Gasteiger partial charge in [-0.1, -0.05) is 0 Å². The second kappa shape index (κ2) is 7.76. The van der Waals surface area contributed by atoms with Gasteiger partial charge in [0.1, 0.15) is 0 Å². The van der Waals surface area contributed by atoms with Crippen molar-refractivity contribution < 1.29 is 4.79 Å². The summed E-state index contributed by atoms with van der Waals surface area (Å²) in [7, 11) is 2.00. The molecule has 3 nitrogen and oxygen atoms in total. The Kier molecular flexibility index (Phi) is 7.85. The van der Waals surface area contributed by atoms with Gasteiger partial charge in [-0.25, -0.2) is 0 Å². The summed E-state index contributed by atoms with van der Waals surface area (Å²) in [5.41, 5.74) is 0. The first-order chi connectivity index (χ1) is 5.70. The van der Waals surface area contributed by atoms with Crippen LogP contribution in [0.3, 0.4) is 0 Å². The largest absolute Gasteiger partial charge is 0.354 e. The second-order valence-corrected chi connectivity index (χ2v) is 3.30. The first-order valence-electron chi connectivity index (χ1n) is 3.87. The van der Waals surface area contributed by atoms with Crippen LogP contribution in [-0.4, -0.2) is 49.0 Å². The maximum Gasteiger partial charge on any atom is 0.229 e. The number of nitrogens with zero attached hydrogens (tertiary/aromatic N) is 1. The Morgan fingerprint density at radius 1 is 1.42 bits per heavy atom. The van der Waals surface area contributed by atoms with Crippen LogP contribution in [0.5, 0.6) is 0 Å². The van der Waals surface area contributed by atoms with Crippen LogP contribution in [0.15, 0.2) is 0 Å². The number of amides is 1. The van der Waals surface area contributed by atoms with Crippen LogP contribution in [0.25, 0.3) is 0 Å². The summed E-state index contributed by atoms with van der Waals surface area (Å²) in [5.74, 6) is 1.09. The molecule has 0 radical (unpaired) electrons. The summed E-state index contributed by atoms with van der Waals surface area (Å²) in [6.07, 6.45) is 0. The fourth-order valence-corrected chi connectivity index (χ4v) is 1.18. The van der Waals surface area contributed by atoms with Gasteiger partial charge in [0.05, 0.1) is 5.75 Å². The molecule has 0 aromatic rings. The molecule has 5 heteroatoms. The molecule has 72 valence electrons. The third-order valence-corrected chi connectivity index (χ3v) is 1.93. The maximum atomic E-state index is 10.7. The molecule has 0 fully saturated rings. The van der Waals surface area contributed by atoms with Crippen LogP contribution in [0.2, 0.25) is 0 Å². The number of nitrogens with one attached hydrogen (secondary N) is 1. The molecule has 0 aliphatic carbocycles. The summed E-state index contributed by atoms with van der Waals surface area (Å²) in [6.45, 7) is 2.49. The summed E-state index contributed by atoms with van der Waals surface area (Å²) in [4.78, 5) is 12.8. The van der Waals surface area contributed by atoms with Crippen molar-refractivity contribution in [2.75, 3.05) is 38.2 Å². The summed E-state index contributed by atoms with van der Waals surface area (Å²) < 4.78 is 0. The molecule has 0 heterocycles. The molecule has 0 bridgehead atoms. The smallest absolute Gasteiger partial charge is 0.229 e. The molecule has 12 heavy (non-hydrogen) atoms. The average Bonchev–Trinajstić information content (AvgIpc) is 2.04. The number of thiol groups is 2. The summed E-state index contributed by atoms with van der Waals surface area (Å²) in [6, 6.07) is 0. The van der Waals surface area contributed by atoms with Gasteiger partial charge in [-0.05, 0) is 7.05 Å². The van der Waals surface area contributed by atoms with E-state index in [2.05, 4.69) is 35.5 Å². The highest BCUT2D eigenvalue weighted by Gasteiger charge is 1.98. The van der Waals surface area contributed by atoms with Crippen molar-refractivity contribution in [2.24, 2.45) is 0 Å². The first-order valence-corrected chi connectivity index (χ1v) is 5.14. The quantitative estimate of drug-likeness (QED) is 0.532. The van der Waals surface area contributed by atoms with E-state index in [-0.39, 0.29) is 11.7 Å².